The predicted molar refractivity (Wildman–Crippen MR) is 96.0 cm³/mol. The summed E-state index contributed by atoms with van der Waals surface area (Å²) >= 11 is 5.87. The first kappa shape index (κ1) is 18.8. The number of benzene rings is 2. The molecule has 0 radical (unpaired) electrons. The molecule has 0 unspecified atom stereocenters. The van der Waals surface area contributed by atoms with Gasteiger partial charge in [-0.1, -0.05) is 23.7 Å². The van der Waals surface area contributed by atoms with Crippen LogP contribution in [0.25, 0.3) is 0 Å². The Hall–Kier alpha value is -2.93. The van der Waals surface area contributed by atoms with Crippen molar-refractivity contribution in [2.24, 2.45) is 0 Å². The summed E-state index contributed by atoms with van der Waals surface area (Å²) in [5.41, 5.74) is 1.73. The van der Waals surface area contributed by atoms with Crippen LogP contribution < -0.4 is 15.4 Å². The zero-order chi connectivity index (χ0) is 19.6. The van der Waals surface area contributed by atoms with Crippen LogP contribution in [0.1, 0.15) is 28.9 Å². The van der Waals surface area contributed by atoms with E-state index in [1.165, 1.54) is 24.3 Å². The number of carbonyl (C=O) groups excluding carboxylic acids is 2. The number of hydrogen-bond acceptors (Lipinski definition) is 3. The summed E-state index contributed by atoms with van der Waals surface area (Å²) in [4.78, 5) is 24.9. The van der Waals surface area contributed by atoms with Gasteiger partial charge in [-0.2, -0.15) is 8.78 Å². The zero-order valence-corrected chi connectivity index (χ0v) is 14.9. The van der Waals surface area contributed by atoms with Crippen molar-refractivity contribution in [1.82, 2.24) is 10.6 Å². The minimum Gasteiger partial charge on any atom is -0.435 e. The number of nitrogens with one attached hydrogen (secondary N) is 2. The molecule has 1 heterocycles. The number of Topliss-reactive ketones (excluding diaryl/α,β-unsaturated/α-hetero) is 1. The minimum absolute atomic E-state index is 0.0136. The van der Waals surface area contributed by atoms with Gasteiger partial charge in [0.25, 0.3) is 0 Å². The van der Waals surface area contributed by atoms with Crippen molar-refractivity contribution >= 4 is 23.4 Å². The highest BCUT2D eigenvalue weighted by atomic mass is 35.5. The second-order valence-corrected chi connectivity index (χ2v) is 6.29. The predicted octanol–water partition coefficient (Wildman–Crippen LogP) is 4.45. The summed E-state index contributed by atoms with van der Waals surface area (Å²) in [5, 5.41) is 5.78. The molecule has 27 heavy (non-hydrogen) atoms. The van der Waals surface area contributed by atoms with Crippen molar-refractivity contribution in [3.05, 3.63) is 76.0 Å². The van der Waals surface area contributed by atoms with Crippen molar-refractivity contribution in [2.45, 2.75) is 19.6 Å². The highest BCUT2D eigenvalue weighted by Gasteiger charge is 2.31. The Labute approximate surface area is 159 Å². The molecule has 5 nitrogen and oxygen atoms in total. The summed E-state index contributed by atoms with van der Waals surface area (Å²) in [6, 6.07) is 11.0. The molecule has 0 aliphatic carbocycles. The fraction of sp³-hybridized carbons (Fsp3) is 0.158. The molecule has 3 rings (SSSR count). The molecule has 2 aromatic rings. The van der Waals surface area contributed by atoms with Crippen LogP contribution in [0.3, 0.4) is 0 Å². The standard InChI is InChI=1S/C19H15ClF2N2O3/c1-10-15(17(25)12-2-6-13(20)7-3-12)16(24-19(26)23-10)11-4-8-14(9-5-11)27-18(21)22/h2-9,16,18H,1H3,(H2,23,24,26)/t16-/m1/s1. The molecule has 8 heteroatoms. The lowest BCUT2D eigenvalue weighted by atomic mass is 9.89. The third-order valence-electron chi connectivity index (χ3n) is 4.06. The van der Waals surface area contributed by atoms with Gasteiger partial charge in [0.15, 0.2) is 5.78 Å². The molecule has 2 amide bonds. The quantitative estimate of drug-likeness (QED) is 0.738. The molecule has 2 aromatic carbocycles. The molecule has 1 aliphatic heterocycles. The molecule has 0 saturated heterocycles. The number of rotatable bonds is 5. The maximum atomic E-state index is 13.0. The van der Waals surface area contributed by atoms with E-state index in [1.807, 2.05) is 0 Å². The van der Waals surface area contributed by atoms with Crippen LogP contribution in [0.15, 0.2) is 59.8 Å². The van der Waals surface area contributed by atoms with Gasteiger partial charge >= 0.3 is 12.6 Å². The number of alkyl halides is 2. The number of hydrogen-bond donors (Lipinski definition) is 2. The average molecular weight is 393 g/mol. The third kappa shape index (κ3) is 4.25. The van der Waals surface area contributed by atoms with Crippen molar-refractivity contribution in [1.29, 1.82) is 0 Å². The highest BCUT2D eigenvalue weighted by Crippen LogP contribution is 2.31. The second-order valence-electron chi connectivity index (χ2n) is 5.85. The van der Waals surface area contributed by atoms with Gasteiger partial charge in [0, 0.05) is 21.9 Å². The van der Waals surface area contributed by atoms with Gasteiger partial charge in [-0.25, -0.2) is 4.79 Å². The summed E-state index contributed by atoms with van der Waals surface area (Å²) in [6.07, 6.45) is 0. The number of ketones is 1. The lowest BCUT2D eigenvalue weighted by Crippen LogP contribution is -2.45. The molecule has 0 spiro atoms. The lowest BCUT2D eigenvalue weighted by molar-refractivity contribution is -0.0498. The van der Waals surface area contributed by atoms with E-state index in [1.54, 1.807) is 31.2 Å². The fourth-order valence-electron chi connectivity index (χ4n) is 2.84. The van der Waals surface area contributed by atoms with Crippen molar-refractivity contribution in [3.63, 3.8) is 0 Å². The van der Waals surface area contributed by atoms with E-state index in [9.17, 15) is 18.4 Å². The Balaban J connectivity index is 1.96. The Kier molecular flexibility index (Phi) is 5.41. The zero-order valence-electron chi connectivity index (χ0n) is 14.1. The van der Waals surface area contributed by atoms with Gasteiger partial charge in [-0.05, 0) is 48.9 Å². The number of halogens is 3. The van der Waals surface area contributed by atoms with E-state index in [2.05, 4.69) is 15.4 Å². The summed E-state index contributed by atoms with van der Waals surface area (Å²) in [7, 11) is 0. The maximum Gasteiger partial charge on any atom is 0.387 e. The van der Waals surface area contributed by atoms with E-state index < -0.39 is 18.7 Å². The van der Waals surface area contributed by atoms with Crippen molar-refractivity contribution in [2.75, 3.05) is 0 Å². The molecule has 0 saturated carbocycles. The summed E-state index contributed by atoms with van der Waals surface area (Å²) in [6.45, 7) is -1.30. The van der Waals surface area contributed by atoms with Gasteiger partial charge in [-0.3, -0.25) is 4.79 Å². The second kappa shape index (κ2) is 7.75. The number of carbonyl (C=O) groups is 2. The summed E-state index contributed by atoms with van der Waals surface area (Å²) < 4.78 is 29.0. The number of urea groups is 1. The Morgan fingerprint density at radius 2 is 1.74 bits per heavy atom. The molecule has 1 aliphatic rings. The smallest absolute Gasteiger partial charge is 0.387 e. The first-order chi connectivity index (χ1) is 12.8. The first-order valence-corrected chi connectivity index (χ1v) is 8.36. The third-order valence-corrected chi connectivity index (χ3v) is 4.31. The van der Waals surface area contributed by atoms with Crippen LogP contribution in [0.5, 0.6) is 5.75 Å². The van der Waals surface area contributed by atoms with E-state index in [0.717, 1.165) is 0 Å². The van der Waals surface area contributed by atoms with Gasteiger partial charge in [-0.15, -0.1) is 0 Å². The molecule has 1 atom stereocenters. The van der Waals surface area contributed by atoms with Crippen LogP contribution in [0.2, 0.25) is 5.02 Å². The Morgan fingerprint density at radius 3 is 2.33 bits per heavy atom. The summed E-state index contributed by atoms with van der Waals surface area (Å²) in [5.74, 6) is -0.296. The minimum atomic E-state index is -2.93. The average Bonchev–Trinajstić information content (AvgIpc) is 2.61. The van der Waals surface area contributed by atoms with E-state index in [-0.39, 0.29) is 11.5 Å². The largest absolute Gasteiger partial charge is 0.435 e. The topological polar surface area (TPSA) is 67.4 Å². The number of amides is 2. The van der Waals surface area contributed by atoms with Gasteiger partial charge in [0.2, 0.25) is 0 Å². The van der Waals surface area contributed by atoms with Crippen LogP contribution in [-0.2, 0) is 0 Å². The Bertz CT molecular complexity index is 896. The van der Waals surface area contributed by atoms with Crippen LogP contribution >= 0.6 is 11.6 Å². The number of ether oxygens (including phenoxy) is 1. The maximum absolute atomic E-state index is 13.0. The van der Waals surface area contributed by atoms with Crippen LogP contribution in [0, 0.1) is 0 Å². The van der Waals surface area contributed by atoms with Crippen LogP contribution in [0.4, 0.5) is 13.6 Å². The molecular formula is C19H15ClF2N2O3. The van der Waals surface area contributed by atoms with Gasteiger partial charge < -0.3 is 15.4 Å². The van der Waals surface area contributed by atoms with Crippen molar-refractivity contribution < 1.29 is 23.1 Å². The molecule has 0 fully saturated rings. The van der Waals surface area contributed by atoms with Gasteiger partial charge in [0.05, 0.1) is 6.04 Å². The number of allylic oxidation sites excluding steroid dienone is 1. The van der Waals surface area contributed by atoms with E-state index in [0.29, 0.717) is 27.4 Å². The normalized spacial score (nSPS) is 16.8. The lowest BCUT2D eigenvalue weighted by Gasteiger charge is -2.28. The van der Waals surface area contributed by atoms with Gasteiger partial charge in [0.1, 0.15) is 5.75 Å². The Morgan fingerprint density at radius 1 is 1.11 bits per heavy atom. The molecular weight excluding hydrogens is 378 g/mol. The van der Waals surface area contributed by atoms with Crippen LogP contribution in [-0.4, -0.2) is 18.4 Å². The fourth-order valence-corrected chi connectivity index (χ4v) is 2.97. The molecule has 140 valence electrons. The molecule has 0 bridgehead atoms. The highest BCUT2D eigenvalue weighted by molar-refractivity contribution is 6.30. The van der Waals surface area contributed by atoms with Crippen molar-refractivity contribution in [3.8, 4) is 5.75 Å². The monoisotopic (exact) mass is 392 g/mol. The molecule has 0 aromatic heterocycles. The SMILES string of the molecule is CC1=C(C(=O)c2ccc(Cl)cc2)[C@@H](c2ccc(OC(F)F)cc2)NC(=O)N1. The van der Waals surface area contributed by atoms with E-state index in [4.69, 9.17) is 11.6 Å². The molecule has 2 N–H and O–H groups in total. The van der Waals surface area contributed by atoms with E-state index >= 15 is 0 Å². The first-order valence-electron chi connectivity index (χ1n) is 7.98.